The van der Waals surface area contributed by atoms with Crippen LogP contribution in [0.25, 0.3) is 6.08 Å². The van der Waals surface area contributed by atoms with Gasteiger partial charge in [-0.3, -0.25) is 4.90 Å². The van der Waals surface area contributed by atoms with Crippen LogP contribution in [0.1, 0.15) is 24.5 Å². The summed E-state index contributed by atoms with van der Waals surface area (Å²) in [6, 6.07) is 9.90. The van der Waals surface area contributed by atoms with Gasteiger partial charge in [0.15, 0.2) is 0 Å². The number of benzene rings is 1. The lowest BCUT2D eigenvalue weighted by Crippen LogP contribution is -2.23. The van der Waals surface area contributed by atoms with Crippen LogP contribution < -0.4 is 0 Å². The lowest BCUT2D eigenvalue weighted by Gasteiger charge is -2.19. The van der Waals surface area contributed by atoms with Crippen LogP contribution in [0.5, 0.6) is 0 Å². The predicted molar refractivity (Wildman–Crippen MR) is 74.3 cm³/mol. The summed E-state index contributed by atoms with van der Waals surface area (Å²) in [7, 11) is 0. The highest BCUT2D eigenvalue weighted by Crippen LogP contribution is 2.10. The average molecular weight is 258 g/mol. The maximum absolute atomic E-state index is 10.5. The molecule has 0 amide bonds. The van der Waals surface area contributed by atoms with Gasteiger partial charge in [0.05, 0.1) is 6.07 Å². The van der Waals surface area contributed by atoms with Crippen LogP contribution in [-0.4, -0.2) is 29.1 Å². The second kappa shape index (κ2) is 8.06. The summed E-state index contributed by atoms with van der Waals surface area (Å²) in [6.07, 6.45) is 3.23. The van der Waals surface area contributed by atoms with E-state index in [-0.39, 0.29) is 0 Å². The second-order valence-electron chi connectivity index (χ2n) is 4.19. The van der Waals surface area contributed by atoms with Gasteiger partial charge in [-0.15, -0.1) is 0 Å². The Balaban J connectivity index is 2.70. The van der Waals surface area contributed by atoms with Crippen molar-refractivity contribution in [1.82, 2.24) is 4.90 Å². The topological polar surface area (TPSA) is 64.3 Å². The lowest BCUT2D eigenvalue weighted by molar-refractivity contribution is -0.131. The van der Waals surface area contributed by atoms with E-state index in [1.807, 2.05) is 24.3 Å². The molecule has 0 heterocycles. The molecule has 0 saturated heterocycles. The van der Waals surface area contributed by atoms with E-state index < -0.39 is 5.97 Å². The molecular weight excluding hydrogens is 240 g/mol. The van der Waals surface area contributed by atoms with Gasteiger partial charge in [-0.05, 0) is 23.7 Å². The first kappa shape index (κ1) is 14.9. The molecule has 0 atom stereocenters. The molecule has 4 heteroatoms. The summed E-state index contributed by atoms with van der Waals surface area (Å²) in [6.45, 7) is 4.47. The van der Waals surface area contributed by atoms with Crippen molar-refractivity contribution in [3.63, 3.8) is 0 Å². The molecule has 0 unspecified atom stereocenters. The first-order valence-corrected chi connectivity index (χ1v) is 6.25. The highest BCUT2D eigenvalue weighted by Gasteiger charge is 2.03. The molecule has 0 aliphatic rings. The fourth-order valence-electron chi connectivity index (χ4n) is 1.78. The molecule has 1 rings (SSSR count). The third-order valence-corrected chi connectivity index (χ3v) is 2.76. The van der Waals surface area contributed by atoms with Crippen molar-refractivity contribution in [3.05, 3.63) is 41.5 Å². The number of aliphatic carboxylic acids is 1. The largest absolute Gasteiger partial charge is 0.478 e. The van der Waals surface area contributed by atoms with Crippen LogP contribution >= 0.6 is 0 Å². The molecule has 0 bridgehead atoms. The highest BCUT2D eigenvalue weighted by atomic mass is 16.4. The number of carbonyl (C=O) groups is 1. The molecule has 0 radical (unpaired) electrons. The van der Waals surface area contributed by atoms with Gasteiger partial charge >= 0.3 is 5.97 Å². The van der Waals surface area contributed by atoms with Crippen LogP contribution in [0, 0.1) is 11.3 Å². The van der Waals surface area contributed by atoms with E-state index in [2.05, 4.69) is 17.9 Å². The second-order valence-corrected chi connectivity index (χ2v) is 4.19. The maximum atomic E-state index is 10.5. The number of nitriles is 1. The van der Waals surface area contributed by atoms with Crippen molar-refractivity contribution < 1.29 is 9.90 Å². The normalized spacial score (nSPS) is 10.8. The van der Waals surface area contributed by atoms with Crippen molar-refractivity contribution in [2.45, 2.75) is 19.9 Å². The fourth-order valence-corrected chi connectivity index (χ4v) is 1.78. The predicted octanol–water partition coefficient (Wildman–Crippen LogP) is 2.52. The number of carboxylic acid groups (broad SMARTS) is 1. The van der Waals surface area contributed by atoms with Crippen molar-refractivity contribution in [2.75, 3.05) is 13.1 Å². The lowest BCUT2D eigenvalue weighted by atomic mass is 10.1. The molecule has 0 aliphatic carbocycles. The van der Waals surface area contributed by atoms with Crippen LogP contribution in [-0.2, 0) is 11.3 Å². The minimum Gasteiger partial charge on any atom is -0.478 e. The van der Waals surface area contributed by atoms with Gasteiger partial charge in [-0.2, -0.15) is 5.26 Å². The van der Waals surface area contributed by atoms with Gasteiger partial charge in [-0.1, -0.05) is 31.2 Å². The summed E-state index contributed by atoms with van der Waals surface area (Å²) in [5, 5.41) is 17.2. The minimum absolute atomic E-state index is 0.520. The summed E-state index contributed by atoms with van der Waals surface area (Å²) in [5.74, 6) is -0.949. The molecule has 100 valence electrons. The van der Waals surface area contributed by atoms with E-state index in [1.165, 1.54) is 0 Å². The monoisotopic (exact) mass is 258 g/mol. The number of hydrogen-bond donors (Lipinski definition) is 1. The van der Waals surface area contributed by atoms with Gasteiger partial charge in [0, 0.05) is 25.6 Å². The third kappa shape index (κ3) is 5.84. The Morgan fingerprint density at radius 1 is 1.53 bits per heavy atom. The Bertz CT molecular complexity index is 489. The van der Waals surface area contributed by atoms with Gasteiger partial charge < -0.3 is 5.11 Å². The molecule has 1 aromatic carbocycles. The van der Waals surface area contributed by atoms with Crippen molar-refractivity contribution in [1.29, 1.82) is 5.26 Å². The molecule has 0 aliphatic heterocycles. The van der Waals surface area contributed by atoms with Crippen molar-refractivity contribution in [3.8, 4) is 6.07 Å². The first-order valence-electron chi connectivity index (χ1n) is 6.25. The zero-order valence-electron chi connectivity index (χ0n) is 11.0. The van der Waals surface area contributed by atoms with Gasteiger partial charge in [0.1, 0.15) is 0 Å². The van der Waals surface area contributed by atoms with Gasteiger partial charge in [0.25, 0.3) is 0 Å². The van der Waals surface area contributed by atoms with E-state index in [1.54, 1.807) is 6.08 Å². The molecule has 0 aromatic heterocycles. The number of nitrogens with zero attached hydrogens (tertiary/aromatic N) is 2. The standard InChI is InChI=1S/C15H18N2O2/c1-2-17(10-4-9-16)12-14-6-3-5-13(11-14)7-8-15(18)19/h3,5-8,11H,2,4,10,12H2,1H3,(H,18,19)/b8-7+. The Morgan fingerprint density at radius 2 is 2.32 bits per heavy atom. The summed E-state index contributed by atoms with van der Waals surface area (Å²) < 4.78 is 0. The number of carboxylic acids is 1. The smallest absolute Gasteiger partial charge is 0.328 e. The average Bonchev–Trinajstić information content (AvgIpc) is 2.41. The Morgan fingerprint density at radius 3 is 2.95 bits per heavy atom. The van der Waals surface area contributed by atoms with Gasteiger partial charge in [-0.25, -0.2) is 4.79 Å². The van der Waals surface area contributed by atoms with E-state index in [0.717, 1.165) is 36.8 Å². The molecule has 0 spiro atoms. The molecule has 1 N–H and O–H groups in total. The zero-order chi connectivity index (χ0) is 14.1. The Labute approximate surface area is 113 Å². The Kier molecular flexibility index (Phi) is 6.34. The SMILES string of the molecule is CCN(CCC#N)Cc1cccc(/C=C/C(=O)O)c1. The van der Waals surface area contributed by atoms with Crippen LogP contribution in [0.4, 0.5) is 0 Å². The van der Waals surface area contributed by atoms with Crippen molar-refractivity contribution in [2.24, 2.45) is 0 Å². The van der Waals surface area contributed by atoms with Crippen LogP contribution in [0.15, 0.2) is 30.3 Å². The summed E-state index contributed by atoms with van der Waals surface area (Å²) in [5.41, 5.74) is 1.99. The molecule has 4 nitrogen and oxygen atoms in total. The first-order chi connectivity index (χ1) is 9.15. The van der Waals surface area contributed by atoms with Crippen LogP contribution in [0.3, 0.4) is 0 Å². The van der Waals surface area contributed by atoms with E-state index in [0.29, 0.717) is 6.42 Å². The van der Waals surface area contributed by atoms with Crippen LogP contribution in [0.2, 0.25) is 0 Å². The maximum Gasteiger partial charge on any atom is 0.328 e. The zero-order valence-corrected chi connectivity index (χ0v) is 11.0. The van der Waals surface area contributed by atoms with Gasteiger partial charge in [0.2, 0.25) is 0 Å². The molecule has 0 saturated carbocycles. The van der Waals surface area contributed by atoms with E-state index >= 15 is 0 Å². The highest BCUT2D eigenvalue weighted by molar-refractivity contribution is 5.85. The van der Waals surface area contributed by atoms with Crippen molar-refractivity contribution >= 4 is 12.0 Å². The van der Waals surface area contributed by atoms with E-state index in [4.69, 9.17) is 10.4 Å². The molecule has 1 aromatic rings. The van der Waals surface area contributed by atoms with E-state index in [9.17, 15) is 4.79 Å². The summed E-state index contributed by atoms with van der Waals surface area (Å²) in [4.78, 5) is 12.7. The third-order valence-electron chi connectivity index (χ3n) is 2.76. The molecular formula is C15H18N2O2. The summed E-state index contributed by atoms with van der Waals surface area (Å²) >= 11 is 0. The molecule has 19 heavy (non-hydrogen) atoms. The Hall–Kier alpha value is -2.12. The quantitative estimate of drug-likeness (QED) is 0.763. The number of rotatable bonds is 7. The molecule has 0 fully saturated rings. The fraction of sp³-hybridized carbons (Fsp3) is 0.333. The minimum atomic E-state index is -0.949. The number of hydrogen-bond acceptors (Lipinski definition) is 3.